The van der Waals surface area contributed by atoms with Gasteiger partial charge in [-0.25, -0.2) is 0 Å². The van der Waals surface area contributed by atoms with Gasteiger partial charge in [0.05, 0.1) is 17.3 Å². The van der Waals surface area contributed by atoms with Crippen LogP contribution in [0.1, 0.15) is 18.9 Å². The lowest BCUT2D eigenvalue weighted by Gasteiger charge is -2.18. The van der Waals surface area contributed by atoms with Gasteiger partial charge in [-0.2, -0.15) is 5.26 Å². The van der Waals surface area contributed by atoms with Crippen LogP contribution in [0.25, 0.3) is 0 Å². The molecule has 1 aromatic rings. The van der Waals surface area contributed by atoms with E-state index in [4.69, 9.17) is 5.26 Å². The minimum atomic E-state index is -0.105. The lowest BCUT2D eigenvalue weighted by molar-refractivity contribution is -0.118. The second kappa shape index (κ2) is 4.98. The summed E-state index contributed by atoms with van der Waals surface area (Å²) in [7, 11) is 0. The van der Waals surface area contributed by atoms with Gasteiger partial charge in [0, 0.05) is 6.54 Å². The van der Waals surface area contributed by atoms with Gasteiger partial charge < -0.3 is 10.2 Å². The van der Waals surface area contributed by atoms with Crippen molar-refractivity contribution >= 4 is 11.6 Å². The minimum absolute atomic E-state index is 0.0644. The number of benzene rings is 1. The van der Waals surface area contributed by atoms with Crippen LogP contribution in [0, 0.1) is 11.3 Å². The number of anilines is 1. The highest BCUT2D eigenvalue weighted by atomic mass is 16.2. The first-order valence-corrected chi connectivity index (χ1v) is 5.81. The van der Waals surface area contributed by atoms with E-state index in [0.717, 1.165) is 18.7 Å². The van der Waals surface area contributed by atoms with Crippen molar-refractivity contribution in [1.82, 2.24) is 5.32 Å². The molecule has 1 aliphatic rings. The van der Waals surface area contributed by atoms with Crippen LogP contribution in [0.5, 0.6) is 0 Å². The molecule has 1 unspecified atom stereocenters. The molecule has 1 heterocycles. The van der Waals surface area contributed by atoms with Gasteiger partial charge in [0.2, 0.25) is 5.91 Å². The number of carbonyl (C=O) groups is 1. The zero-order valence-electron chi connectivity index (χ0n) is 9.81. The van der Waals surface area contributed by atoms with Crippen LogP contribution in [0.3, 0.4) is 0 Å². The van der Waals surface area contributed by atoms with Crippen molar-refractivity contribution in [1.29, 1.82) is 5.26 Å². The zero-order chi connectivity index (χ0) is 12.3. The molecule has 1 saturated heterocycles. The van der Waals surface area contributed by atoms with Crippen LogP contribution >= 0.6 is 0 Å². The second-order valence-corrected chi connectivity index (χ2v) is 4.02. The van der Waals surface area contributed by atoms with Gasteiger partial charge >= 0.3 is 0 Å². The first-order chi connectivity index (χ1) is 8.27. The maximum atomic E-state index is 12.1. The van der Waals surface area contributed by atoms with Crippen molar-refractivity contribution in [2.24, 2.45) is 0 Å². The average molecular weight is 229 g/mol. The average Bonchev–Trinajstić information content (AvgIpc) is 2.72. The van der Waals surface area contributed by atoms with E-state index in [1.807, 2.05) is 25.1 Å². The fourth-order valence-electron chi connectivity index (χ4n) is 2.16. The van der Waals surface area contributed by atoms with E-state index < -0.39 is 0 Å². The summed E-state index contributed by atoms with van der Waals surface area (Å²) in [5.41, 5.74) is 1.28. The summed E-state index contributed by atoms with van der Waals surface area (Å²) in [6.07, 6.45) is 0.798. The van der Waals surface area contributed by atoms with Gasteiger partial charge in [0.15, 0.2) is 0 Å². The highest BCUT2D eigenvalue weighted by Gasteiger charge is 2.32. The summed E-state index contributed by atoms with van der Waals surface area (Å²) in [4.78, 5) is 13.8. The number of para-hydroxylation sites is 1. The van der Waals surface area contributed by atoms with Crippen molar-refractivity contribution in [2.45, 2.75) is 19.4 Å². The number of nitrogens with zero attached hydrogens (tertiary/aromatic N) is 2. The molecule has 0 spiro atoms. The molecule has 1 atom stereocenters. The van der Waals surface area contributed by atoms with Gasteiger partial charge in [-0.05, 0) is 25.1 Å². The Morgan fingerprint density at radius 3 is 3.00 bits per heavy atom. The molecule has 2 rings (SSSR count). The number of nitrogens with one attached hydrogen (secondary N) is 1. The first-order valence-electron chi connectivity index (χ1n) is 5.81. The van der Waals surface area contributed by atoms with Crippen LogP contribution in [0.15, 0.2) is 24.3 Å². The molecule has 1 fully saturated rings. The van der Waals surface area contributed by atoms with E-state index in [9.17, 15) is 4.79 Å². The summed E-state index contributed by atoms with van der Waals surface area (Å²) in [5, 5.41) is 12.2. The fourth-order valence-corrected chi connectivity index (χ4v) is 2.16. The molecular weight excluding hydrogens is 214 g/mol. The smallest absolute Gasteiger partial charge is 0.244 e. The van der Waals surface area contributed by atoms with Crippen LogP contribution in [-0.4, -0.2) is 25.0 Å². The molecule has 17 heavy (non-hydrogen) atoms. The Balaban J connectivity index is 2.25. The highest BCUT2D eigenvalue weighted by molar-refractivity contribution is 6.00. The van der Waals surface area contributed by atoms with Gasteiger partial charge in [-0.1, -0.05) is 19.1 Å². The van der Waals surface area contributed by atoms with Gasteiger partial charge in [0.1, 0.15) is 6.07 Å². The molecule has 88 valence electrons. The maximum Gasteiger partial charge on any atom is 0.244 e. The van der Waals surface area contributed by atoms with Crippen molar-refractivity contribution in [3.8, 4) is 6.07 Å². The molecule has 1 amide bonds. The van der Waals surface area contributed by atoms with Crippen molar-refractivity contribution < 1.29 is 4.79 Å². The monoisotopic (exact) mass is 229 g/mol. The number of hydrogen-bond acceptors (Lipinski definition) is 3. The van der Waals surface area contributed by atoms with Gasteiger partial charge in [0.25, 0.3) is 0 Å². The number of nitriles is 1. The van der Waals surface area contributed by atoms with E-state index in [0.29, 0.717) is 12.1 Å². The molecule has 1 N–H and O–H groups in total. The van der Waals surface area contributed by atoms with Gasteiger partial charge in [-0.15, -0.1) is 0 Å². The SMILES string of the molecule is CCNC1CCN(c2ccccc2C#N)C1=O. The molecule has 1 aromatic carbocycles. The minimum Gasteiger partial charge on any atom is -0.310 e. The topological polar surface area (TPSA) is 56.1 Å². The van der Waals surface area contributed by atoms with Crippen molar-refractivity contribution in [2.75, 3.05) is 18.0 Å². The molecule has 0 saturated carbocycles. The normalized spacial score (nSPS) is 19.4. The lowest BCUT2D eigenvalue weighted by Crippen LogP contribution is -2.38. The Morgan fingerprint density at radius 1 is 1.53 bits per heavy atom. The Bertz CT molecular complexity index is 464. The van der Waals surface area contributed by atoms with Crippen LogP contribution in [0.2, 0.25) is 0 Å². The number of amides is 1. The Morgan fingerprint density at radius 2 is 2.29 bits per heavy atom. The molecule has 4 nitrogen and oxygen atoms in total. The number of carbonyl (C=O) groups excluding carboxylic acids is 1. The first kappa shape index (κ1) is 11.6. The highest BCUT2D eigenvalue weighted by Crippen LogP contribution is 2.24. The summed E-state index contributed by atoms with van der Waals surface area (Å²) >= 11 is 0. The third-order valence-corrected chi connectivity index (χ3v) is 2.97. The van der Waals surface area contributed by atoms with Crippen LogP contribution < -0.4 is 10.2 Å². The standard InChI is InChI=1S/C13H15N3O/c1-2-15-11-7-8-16(13(11)17)12-6-4-3-5-10(12)9-14/h3-6,11,15H,2,7-8H2,1H3. The maximum absolute atomic E-state index is 12.1. The van der Waals surface area contributed by atoms with Crippen LogP contribution in [0.4, 0.5) is 5.69 Å². The molecule has 4 heteroatoms. The summed E-state index contributed by atoms with van der Waals surface area (Å²) < 4.78 is 0. The van der Waals surface area contributed by atoms with E-state index in [2.05, 4.69) is 11.4 Å². The quantitative estimate of drug-likeness (QED) is 0.849. The fraction of sp³-hybridized carbons (Fsp3) is 0.385. The number of likely N-dealkylation sites (N-methyl/N-ethyl adjacent to an activating group) is 1. The molecule has 1 aliphatic heterocycles. The Labute approximate surface area is 101 Å². The predicted molar refractivity (Wildman–Crippen MR) is 65.6 cm³/mol. The van der Waals surface area contributed by atoms with Crippen molar-refractivity contribution in [3.05, 3.63) is 29.8 Å². The molecule has 0 bridgehead atoms. The van der Waals surface area contributed by atoms with E-state index in [-0.39, 0.29) is 11.9 Å². The second-order valence-electron chi connectivity index (χ2n) is 4.02. The Hall–Kier alpha value is -1.86. The third kappa shape index (κ3) is 2.15. The molecular formula is C13H15N3O. The van der Waals surface area contributed by atoms with Crippen LogP contribution in [-0.2, 0) is 4.79 Å². The number of rotatable bonds is 3. The Kier molecular flexibility index (Phi) is 3.40. The molecule has 0 radical (unpaired) electrons. The van der Waals surface area contributed by atoms with E-state index in [1.54, 1.807) is 11.0 Å². The number of hydrogen-bond donors (Lipinski definition) is 1. The van der Waals surface area contributed by atoms with Gasteiger partial charge in [-0.3, -0.25) is 4.79 Å². The van der Waals surface area contributed by atoms with E-state index in [1.165, 1.54) is 0 Å². The zero-order valence-corrected chi connectivity index (χ0v) is 9.81. The summed E-state index contributed by atoms with van der Waals surface area (Å²) in [6.45, 7) is 3.44. The third-order valence-electron chi connectivity index (χ3n) is 2.97. The summed E-state index contributed by atoms with van der Waals surface area (Å²) in [6, 6.07) is 9.25. The predicted octanol–water partition coefficient (Wildman–Crippen LogP) is 1.27. The lowest BCUT2D eigenvalue weighted by atomic mass is 10.2. The molecule has 0 aromatic heterocycles. The van der Waals surface area contributed by atoms with Crippen molar-refractivity contribution in [3.63, 3.8) is 0 Å². The largest absolute Gasteiger partial charge is 0.310 e. The molecule has 0 aliphatic carbocycles. The van der Waals surface area contributed by atoms with E-state index >= 15 is 0 Å². The summed E-state index contributed by atoms with van der Waals surface area (Å²) in [5.74, 6) is 0.0644.